The Morgan fingerprint density at radius 1 is 0.440 bits per heavy atom. The van der Waals surface area contributed by atoms with Crippen LogP contribution in [0.4, 0.5) is 0 Å². The summed E-state index contributed by atoms with van der Waals surface area (Å²) in [6, 6.07) is 37.7. The van der Waals surface area contributed by atoms with Crippen LogP contribution in [0.1, 0.15) is 86.5 Å². The van der Waals surface area contributed by atoms with Crippen LogP contribution in [0.15, 0.2) is 97.1 Å². The lowest BCUT2D eigenvalue weighted by molar-refractivity contribution is 0.0129. The minimum absolute atomic E-state index is 0.0556. The third-order valence-electron chi connectivity index (χ3n) is 14.9. The smallest absolute Gasteiger partial charge is 0.00107 e. The van der Waals surface area contributed by atoms with Crippen molar-refractivity contribution in [1.29, 1.82) is 0 Å². The van der Waals surface area contributed by atoms with E-state index in [4.69, 9.17) is 0 Å². The molecule has 0 amide bonds. The van der Waals surface area contributed by atoms with Gasteiger partial charge in [-0.15, -0.1) is 0 Å². The van der Waals surface area contributed by atoms with Gasteiger partial charge in [0.05, 0.1) is 0 Å². The summed E-state index contributed by atoms with van der Waals surface area (Å²) in [5.41, 5.74) is 11.1. The molecule has 8 saturated carbocycles. The van der Waals surface area contributed by atoms with E-state index in [1.807, 2.05) is 0 Å². The van der Waals surface area contributed by atoms with Gasteiger partial charge in [0.2, 0.25) is 0 Å². The largest absolute Gasteiger partial charge is 0.0947 e. The first kappa shape index (κ1) is 32.4. The van der Waals surface area contributed by atoms with Crippen molar-refractivity contribution in [2.45, 2.75) is 102 Å². The third-order valence-corrected chi connectivity index (χ3v) is 21.7. The number of benzene rings is 4. The van der Waals surface area contributed by atoms with Crippen LogP contribution in [0, 0.1) is 61.2 Å². The van der Waals surface area contributed by atoms with Crippen molar-refractivity contribution in [2.24, 2.45) is 47.3 Å². The van der Waals surface area contributed by atoms with Crippen molar-refractivity contribution in [1.82, 2.24) is 0 Å². The summed E-state index contributed by atoms with van der Waals surface area (Å²) in [7, 11) is -0.588. The van der Waals surface area contributed by atoms with E-state index in [9.17, 15) is 0 Å². The van der Waals surface area contributed by atoms with E-state index >= 15 is 0 Å². The predicted molar refractivity (Wildman–Crippen MR) is 216 cm³/mol. The molecule has 8 fully saturated rings. The molecule has 0 N–H and O–H groups in total. The van der Waals surface area contributed by atoms with Crippen LogP contribution in [0.2, 0.25) is 0 Å². The Morgan fingerprint density at radius 2 is 0.900 bits per heavy atom. The molecule has 0 heterocycles. The number of rotatable bonds is 9. The summed E-state index contributed by atoms with van der Waals surface area (Å²) in [5, 5.41) is 3.13. The highest BCUT2D eigenvalue weighted by molar-refractivity contribution is 7.72. The van der Waals surface area contributed by atoms with E-state index in [1.165, 1.54) is 28.4 Å². The normalized spacial score (nSPS) is 34.1. The van der Waals surface area contributed by atoms with Gasteiger partial charge in [0.25, 0.3) is 0 Å². The van der Waals surface area contributed by atoms with Gasteiger partial charge in [-0.25, -0.2) is 0 Å². The molecule has 8 aliphatic carbocycles. The zero-order valence-corrected chi connectivity index (χ0v) is 32.2. The summed E-state index contributed by atoms with van der Waals surface area (Å²) < 4.78 is 0. The zero-order chi connectivity index (χ0) is 33.3. The lowest BCUT2D eigenvalue weighted by Crippen LogP contribution is -2.52. The monoisotopic (exact) mass is 694 g/mol. The van der Waals surface area contributed by atoms with Gasteiger partial charge >= 0.3 is 0 Å². The molecule has 4 aromatic carbocycles. The average molecular weight is 695 g/mol. The van der Waals surface area contributed by atoms with Crippen LogP contribution in [-0.2, 0) is 12.3 Å². The van der Waals surface area contributed by atoms with E-state index in [-0.39, 0.29) is 7.92 Å². The summed E-state index contributed by atoms with van der Waals surface area (Å²) in [6.45, 7) is 4.70. The summed E-state index contributed by atoms with van der Waals surface area (Å²) in [6.07, 6.45) is 18.3. The maximum atomic E-state index is 2.66. The SMILES string of the molecule is Cc1ccccc1P(Cc1cc(-c2ccccc2)ccc1CP(C1C2CC3CC(C2)CC1C3)C1C2CC3CC(C2)CC1C3)c1ccccc1C. The molecular weight excluding hydrogens is 638 g/mol. The molecule has 0 saturated heterocycles. The van der Waals surface area contributed by atoms with Crippen LogP contribution in [0.3, 0.4) is 0 Å². The van der Waals surface area contributed by atoms with Gasteiger partial charge in [-0.3, -0.25) is 0 Å². The molecule has 0 radical (unpaired) electrons. The molecule has 4 aromatic rings. The second kappa shape index (κ2) is 13.3. The molecule has 0 unspecified atom stereocenters. The molecule has 0 aliphatic heterocycles. The highest BCUT2D eigenvalue weighted by atomic mass is 31.1. The Morgan fingerprint density at radius 3 is 1.38 bits per heavy atom. The van der Waals surface area contributed by atoms with E-state index in [0.29, 0.717) is 0 Å². The topological polar surface area (TPSA) is 0 Å². The molecule has 8 bridgehead atoms. The number of hydrogen-bond acceptors (Lipinski definition) is 0. The van der Waals surface area contributed by atoms with Crippen LogP contribution >= 0.6 is 15.8 Å². The van der Waals surface area contributed by atoms with Gasteiger partial charge < -0.3 is 0 Å². The minimum Gasteiger partial charge on any atom is -0.0947 e. The second-order valence-corrected chi connectivity index (χ2v) is 22.7. The van der Waals surface area contributed by atoms with Gasteiger partial charge in [-0.05, 0) is 195 Å². The Labute approximate surface area is 304 Å². The first-order valence-corrected chi connectivity index (χ1v) is 23.5. The Bertz CT molecular complexity index is 1700. The molecule has 0 spiro atoms. The second-order valence-electron chi connectivity index (χ2n) is 18.0. The van der Waals surface area contributed by atoms with Gasteiger partial charge in [-0.1, -0.05) is 105 Å². The van der Waals surface area contributed by atoms with Crippen molar-refractivity contribution in [3.05, 3.63) is 119 Å². The molecule has 0 nitrogen and oxygen atoms in total. The Balaban J connectivity index is 1.08. The summed E-state index contributed by atoms with van der Waals surface area (Å²) in [4.78, 5) is 0. The standard InChI is InChI=1S/C48H56P2/c1-31-10-6-8-14-45(31)49(46-15-9-7-11-32(46)2)30-44-28-38(37-12-4-3-5-13-37)16-17-39(44)29-50(47-40-20-33-18-34(22-40)23-41(47)21-33)48-42-24-35-19-36(26-42)27-43(48)25-35/h3-17,28,33-36,40-43,47-48H,18-27,29-30H2,1-2H3. The van der Waals surface area contributed by atoms with Crippen molar-refractivity contribution < 1.29 is 0 Å². The van der Waals surface area contributed by atoms with Crippen molar-refractivity contribution in [3.63, 3.8) is 0 Å². The lowest BCUT2D eigenvalue weighted by atomic mass is 9.55. The molecule has 2 heteroatoms. The van der Waals surface area contributed by atoms with Crippen molar-refractivity contribution in [2.75, 3.05) is 0 Å². The van der Waals surface area contributed by atoms with E-state index in [2.05, 4.69) is 111 Å². The van der Waals surface area contributed by atoms with Gasteiger partial charge in [-0.2, -0.15) is 0 Å². The van der Waals surface area contributed by atoms with Crippen LogP contribution in [0.25, 0.3) is 11.1 Å². The summed E-state index contributed by atoms with van der Waals surface area (Å²) in [5.74, 6) is 8.42. The van der Waals surface area contributed by atoms with E-state index in [1.54, 1.807) is 85.9 Å². The highest BCUT2D eigenvalue weighted by Crippen LogP contribution is 2.72. The Kier molecular flexibility index (Phi) is 8.62. The quantitative estimate of drug-likeness (QED) is 0.153. The maximum Gasteiger partial charge on any atom is 0.00107 e. The molecule has 12 rings (SSSR count). The molecule has 0 aromatic heterocycles. The predicted octanol–water partition coefficient (Wildman–Crippen LogP) is 12.2. The fourth-order valence-electron chi connectivity index (χ4n) is 13.4. The molecule has 50 heavy (non-hydrogen) atoms. The minimum atomic E-state index is -0.533. The van der Waals surface area contributed by atoms with Gasteiger partial charge in [0, 0.05) is 6.16 Å². The fourth-order valence-corrected chi connectivity index (χ4v) is 20.9. The molecule has 8 aliphatic rings. The third kappa shape index (κ3) is 5.88. The lowest BCUT2D eigenvalue weighted by Gasteiger charge is -2.62. The van der Waals surface area contributed by atoms with Crippen molar-refractivity contribution in [3.8, 4) is 11.1 Å². The van der Waals surface area contributed by atoms with Gasteiger partial charge in [0.15, 0.2) is 0 Å². The van der Waals surface area contributed by atoms with Gasteiger partial charge in [0.1, 0.15) is 0 Å². The first-order valence-electron chi connectivity index (χ1n) is 20.4. The van der Waals surface area contributed by atoms with E-state index < -0.39 is 7.92 Å². The zero-order valence-electron chi connectivity index (χ0n) is 30.4. The first-order chi connectivity index (χ1) is 24.5. The van der Waals surface area contributed by atoms with E-state index in [0.717, 1.165) is 64.8 Å². The van der Waals surface area contributed by atoms with Crippen LogP contribution in [0.5, 0.6) is 0 Å². The highest BCUT2D eigenvalue weighted by Gasteiger charge is 2.56. The number of hydrogen-bond donors (Lipinski definition) is 0. The molecule has 258 valence electrons. The fraction of sp³-hybridized carbons (Fsp3) is 0.500. The summed E-state index contributed by atoms with van der Waals surface area (Å²) >= 11 is 0. The van der Waals surface area contributed by atoms with Crippen molar-refractivity contribution >= 4 is 26.5 Å². The molecule has 0 atom stereocenters. The molecular formula is C48H56P2. The Hall–Kier alpha value is -2.26. The number of aryl methyl sites for hydroxylation is 2. The van der Waals surface area contributed by atoms with Crippen LogP contribution < -0.4 is 10.6 Å². The average Bonchev–Trinajstić information content (AvgIpc) is 3.11. The van der Waals surface area contributed by atoms with Crippen LogP contribution in [-0.4, -0.2) is 11.3 Å². The maximum absolute atomic E-state index is 2.66.